The number of hydrogen-bond donors (Lipinski definition) is 0. The van der Waals surface area contributed by atoms with Crippen molar-refractivity contribution in [2.75, 3.05) is 0 Å². The Bertz CT molecular complexity index is 443. The second-order valence-corrected chi connectivity index (χ2v) is 3.07. The van der Waals surface area contributed by atoms with E-state index in [1.165, 1.54) is 0 Å². The van der Waals surface area contributed by atoms with Gasteiger partial charge in [-0.15, -0.1) is 0 Å². The second-order valence-electron chi connectivity index (χ2n) is 3.07. The lowest BCUT2D eigenvalue weighted by Crippen LogP contribution is -1.70. The molecule has 0 aromatic heterocycles. The van der Waals surface area contributed by atoms with E-state index >= 15 is 0 Å². The van der Waals surface area contributed by atoms with Crippen molar-refractivity contribution in [3.8, 4) is 0 Å². The van der Waals surface area contributed by atoms with E-state index in [1.807, 2.05) is 66.7 Å². The molecule has 2 rings (SSSR count). The molecule has 0 aliphatic carbocycles. The van der Waals surface area contributed by atoms with Crippen molar-refractivity contribution in [3.05, 3.63) is 71.8 Å². The van der Waals surface area contributed by atoms with Crippen molar-refractivity contribution in [1.82, 2.24) is 0 Å². The molecule has 0 saturated carbocycles. The van der Waals surface area contributed by atoms with Gasteiger partial charge < -0.3 is 0 Å². The van der Waals surface area contributed by atoms with Gasteiger partial charge in [-0.25, -0.2) is 0 Å². The lowest BCUT2D eigenvalue weighted by molar-refractivity contribution is 1.65. The Labute approximate surface area is 85.9 Å². The van der Waals surface area contributed by atoms with Crippen LogP contribution in [0.2, 0.25) is 0 Å². The summed E-state index contributed by atoms with van der Waals surface area (Å²) in [6.45, 7) is 0. The van der Waals surface area contributed by atoms with Crippen LogP contribution >= 0.6 is 0 Å². The minimum absolute atomic E-state index is 0.543. The molecule has 0 amide bonds. The van der Waals surface area contributed by atoms with Gasteiger partial charge in [-0.1, -0.05) is 72.8 Å². The van der Waals surface area contributed by atoms with Gasteiger partial charge in [0, 0.05) is 0 Å². The summed E-state index contributed by atoms with van der Waals surface area (Å²) >= 11 is 0. The van der Waals surface area contributed by atoms with Crippen LogP contribution in [0.4, 0.5) is 0 Å². The lowest BCUT2D eigenvalue weighted by atomic mass is 10.1. The largest absolute Gasteiger partial charge is 0.0629 e. The molecule has 0 nitrogen and oxygen atoms in total. The summed E-state index contributed by atoms with van der Waals surface area (Å²) in [7, 11) is 0. The highest BCUT2D eigenvalue weighted by molar-refractivity contribution is 5.69. The molecule has 0 fully saturated rings. The molecule has 0 radical (unpaired) electrons. The Kier molecular flexibility index (Phi) is 2.39. The first kappa shape index (κ1) is 7.57. The minimum atomic E-state index is 0.543. The molecule has 0 heteroatoms. The molecule has 0 unspecified atom stereocenters. The molecule has 2 aromatic rings. The SMILES string of the molecule is [2H]/C(=C\c1ccccc1)c1ccccc1. The maximum Gasteiger partial charge on any atom is 0.0629 e. The summed E-state index contributed by atoms with van der Waals surface area (Å²) in [4.78, 5) is 0. The molecule has 0 aliphatic heterocycles. The molecule has 2 aromatic carbocycles. The Balaban J connectivity index is 2.29. The number of benzene rings is 2. The molecular weight excluding hydrogens is 168 g/mol. The van der Waals surface area contributed by atoms with Crippen molar-refractivity contribution in [1.29, 1.82) is 0 Å². The average Bonchev–Trinajstić information content (AvgIpc) is 2.31. The predicted molar refractivity (Wildman–Crippen MR) is 61.8 cm³/mol. The monoisotopic (exact) mass is 181 g/mol. The van der Waals surface area contributed by atoms with Gasteiger partial charge in [0.25, 0.3) is 0 Å². The van der Waals surface area contributed by atoms with Crippen LogP contribution in [0.1, 0.15) is 12.5 Å². The standard InChI is InChI=1S/C14H12/c1-3-7-13(8-4-1)11-12-14-9-5-2-6-10-14/h1-12H/b12-11+/i11D. The van der Waals surface area contributed by atoms with Gasteiger partial charge in [0.05, 0.1) is 1.37 Å². The Morgan fingerprint density at radius 1 is 0.714 bits per heavy atom. The summed E-state index contributed by atoms with van der Waals surface area (Å²) in [6, 6.07) is 20.2. The van der Waals surface area contributed by atoms with E-state index in [0.717, 1.165) is 11.1 Å². The third-order valence-corrected chi connectivity index (χ3v) is 1.98. The molecular formula is C14H12. The van der Waals surface area contributed by atoms with Crippen molar-refractivity contribution in [3.63, 3.8) is 0 Å². The maximum atomic E-state index is 7.91. The normalized spacial score (nSPS) is 12.3. The summed E-state index contributed by atoms with van der Waals surface area (Å²) < 4.78 is 7.91. The quantitative estimate of drug-likeness (QED) is 0.617. The fraction of sp³-hybridized carbons (Fsp3) is 0. The van der Waals surface area contributed by atoms with Gasteiger partial charge in [-0.3, -0.25) is 0 Å². The third kappa shape index (κ3) is 2.33. The highest BCUT2D eigenvalue weighted by Gasteiger charge is 1.84. The molecule has 0 bridgehead atoms. The lowest BCUT2D eigenvalue weighted by Gasteiger charge is -1.92. The Morgan fingerprint density at radius 3 is 1.79 bits per heavy atom. The fourth-order valence-electron chi connectivity index (χ4n) is 1.25. The zero-order valence-electron chi connectivity index (χ0n) is 8.85. The van der Waals surface area contributed by atoms with Gasteiger partial charge >= 0.3 is 0 Å². The van der Waals surface area contributed by atoms with Crippen LogP contribution in [0.25, 0.3) is 12.1 Å². The van der Waals surface area contributed by atoms with Crippen LogP contribution in [0.5, 0.6) is 0 Å². The van der Waals surface area contributed by atoms with Crippen LogP contribution < -0.4 is 0 Å². The van der Waals surface area contributed by atoms with Gasteiger partial charge in [0.1, 0.15) is 0 Å². The van der Waals surface area contributed by atoms with E-state index in [1.54, 1.807) is 0 Å². The van der Waals surface area contributed by atoms with Gasteiger partial charge in [-0.2, -0.15) is 0 Å². The van der Waals surface area contributed by atoms with E-state index in [4.69, 9.17) is 1.37 Å². The zero-order valence-corrected chi connectivity index (χ0v) is 7.85. The number of rotatable bonds is 2. The topological polar surface area (TPSA) is 0 Å². The highest BCUT2D eigenvalue weighted by atomic mass is 13.9. The zero-order chi connectivity index (χ0) is 10.5. The van der Waals surface area contributed by atoms with Crippen LogP contribution in [0.15, 0.2) is 60.7 Å². The van der Waals surface area contributed by atoms with Crippen molar-refractivity contribution < 1.29 is 1.37 Å². The molecule has 0 N–H and O–H groups in total. The number of hydrogen-bond acceptors (Lipinski definition) is 0. The van der Waals surface area contributed by atoms with E-state index in [-0.39, 0.29) is 0 Å². The molecule has 0 spiro atoms. The van der Waals surface area contributed by atoms with Gasteiger partial charge in [0.15, 0.2) is 0 Å². The van der Waals surface area contributed by atoms with Crippen LogP contribution in [0, 0.1) is 0 Å². The van der Waals surface area contributed by atoms with E-state index < -0.39 is 0 Å². The summed E-state index contributed by atoms with van der Waals surface area (Å²) in [5.74, 6) is 0. The predicted octanol–water partition coefficient (Wildman–Crippen LogP) is 3.86. The van der Waals surface area contributed by atoms with Crippen LogP contribution in [0.3, 0.4) is 0 Å². The highest BCUT2D eigenvalue weighted by Crippen LogP contribution is 2.06. The van der Waals surface area contributed by atoms with Crippen LogP contribution in [-0.2, 0) is 0 Å². The summed E-state index contributed by atoms with van der Waals surface area (Å²) in [5.41, 5.74) is 2.01. The molecule has 68 valence electrons. The first-order valence-electron chi connectivity index (χ1n) is 5.15. The summed E-state index contributed by atoms with van der Waals surface area (Å²) in [6.07, 6.45) is 1.87. The smallest absolute Gasteiger partial charge is 0.0622 e. The Morgan fingerprint density at radius 2 is 1.21 bits per heavy atom. The molecule has 0 atom stereocenters. The van der Waals surface area contributed by atoms with Crippen molar-refractivity contribution in [2.24, 2.45) is 0 Å². The summed E-state index contributed by atoms with van der Waals surface area (Å²) in [5, 5.41) is 0. The van der Waals surface area contributed by atoms with Gasteiger partial charge in [-0.05, 0) is 11.1 Å². The first-order chi connectivity index (χ1) is 7.36. The average molecular weight is 181 g/mol. The van der Waals surface area contributed by atoms with Crippen molar-refractivity contribution in [2.45, 2.75) is 0 Å². The molecule has 0 heterocycles. The molecule has 0 saturated heterocycles. The van der Waals surface area contributed by atoms with E-state index in [2.05, 4.69) is 0 Å². The maximum absolute atomic E-state index is 7.91. The Hall–Kier alpha value is -1.82. The van der Waals surface area contributed by atoms with Gasteiger partial charge in [0.2, 0.25) is 0 Å². The molecule has 14 heavy (non-hydrogen) atoms. The minimum Gasteiger partial charge on any atom is -0.0622 e. The third-order valence-electron chi connectivity index (χ3n) is 1.98. The van der Waals surface area contributed by atoms with E-state index in [9.17, 15) is 0 Å². The van der Waals surface area contributed by atoms with Crippen molar-refractivity contribution >= 4 is 12.1 Å². The first-order valence-corrected chi connectivity index (χ1v) is 4.65. The van der Waals surface area contributed by atoms with E-state index in [0.29, 0.717) is 6.05 Å². The molecule has 0 aliphatic rings. The van der Waals surface area contributed by atoms with Crippen LogP contribution in [-0.4, -0.2) is 0 Å². The second kappa shape index (κ2) is 4.43. The fourth-order valence-corrected chi connectivity index (χ4v) is 1.25.